The van der Waals surface area contributed by atoms with Crippen LogP contribution in [-0.2, 0) is 6.42 Å². The molecule has 25 heavy (non-hydrogen) atoms. The van der Waals surface area contributed by atoms with Gasteiger partial charge in [0.05, 0.1) is 10.6 Å². The van der Waals surface area contributed by atoms with E-state index < -0.39 is 0 Å². The molecule has 0 saturated carbocycles. The molecule has 4 rings (SSSR count). The third-order valence-corrected chi connectivity index (χ3v) is 5.01. The fourth-order valence-corrected chi connectivity index (χ4v) is 3.70. The summed E-state index contributed by atoms with van der Waals surface area (Å²) in [4.78, 5) is 18.5. The van der Waals surface area contributed by atoms with E-state index in [4.69, 9.17) is 0 Å². The monoisotopic (exact) mass is 352 g/mol. The Kier molecular flexibility index (Phi) is 3.82. The van der Waals surface area contributed by atoms with Gasteiger partial charge in [0.2, 0.25) is 5.88 Å². The first kappa shape index (κ1) is 15.5. The Morgan fingerprint density at radius 3 is 2.68 bits per heavy atom. The first-order chi connectivity index (χ1) is 12.1. The number of halogens is 1. The number of aromatic hydroxyl groups is 1. The third kappa shape index (κ3) is 2.81. The number of allylic oxidation sites excluding steroid dienone is 2. The number of aliphatic imine (C=N–C) groups is 1. The smallest absolute Gasteiger partial charge is 0.307 e. The molecule has 3 aromatic rings. The average Bonchev–Trinajstić information content (AvgIpc) is 3.17. The van der Waals surface area contributed by atoms with Gasteiger partial charge in [-0.2, -0.15) is 0 Å². The number of rotatable bonds is 3. The summed E-state index contributed by atoms with van der Waals surface area (Å²) in [7, 11) is 0. The van der Waals surface area contributed by atoms with Crippen LogP contribution < -0.4 is 4.87 Å². The molecule has 0 radical (unpaired) electrons. The number of H-pyrrole nitrogens is 1. The molecule has 1 aliphatic rings. The van der Waals surface area contributed by atoms with Gasteiger partial charge in [-0.15, -0.1) is 0 Å². The van der Waals surface area contributed by atoms with Crippen LogP contribution in [0.25, 0.3) is 11.1 Å². The Morgan fingerprint density at radius 2 is 1.92 bits per heavy atom. The number of thiazole rings is 1. The van der Waals surface area contributed by atoms with Crippen LogP contribution in [0.5, 0.6) is 5.88 Å². The van der Waals surface area contributed by atoms with Crippen molar-refractivity contribution in [1.29, 1.82) is 0 Å². The largest absolute Gasteiger partial charge is 0.493 e. The highest BCUT2D eigenvalue weighted by atomic mass is 32.1. The van der Waals surface area contributed by atoms with E-state index >= 15 is 0 Å². The Labute approximate surface area is 146 Å². The lowest BCUT2D eigenvalue weighted by Gasteiger charge is -2.11. The molecule has 0 unspecified atom stereocenters. The fourth-order valence-electron chi connectivity index (χ4n) is 2.91. The summed E-state index contributed by atoms with van der Waals surface area (Å²) in [5, 5.41) is 10.1. The number of hydrogen-bond donors (Lipinski definition) is 2. The zero-order valence-electron chi connectivity index (χ0n) is 13.0. The SMILES string of the molecule is O=c1[nH]c(O)c(C(Cc2ccccc2F)=C2C=Nc3ccccc32)s1. The molecule has 4 nitrogen and oxygen atoms in total. The zero-order chi connectivity index (χ0) is 17.4. The van der Waals surface area contributed by atoms with Crippen molar-refractivity contribution in [2.75, 3.05) is 0 Å². The molecule has 6 heteroatoms. The molecule has 2 aromatic carbocycles. The van der Waals surface area contributed by atoms with E-state index in [1.165, 1.54) is 6.07 Å². The summed E-state index contributed by atoms with van der Waals surface area (Å²) in [5.74, 6) is -0.530. The lowest BCUT2D eigenvalue weighted by Crippen LogP contribution is -1.97. The van der Waals surface area contributed by atoms with Crippen LogP contribution in [0, 0.1) is 5.82 Å². The van der Waals surface area contributed by atoms with E-state index in [1.54, 1.807) is 24.4 Å². The van der Waals surface area contributed by atoms with Gasteiger partial charge < -0.3 is 5.11 Å². The van der Waals surface area contributed by atoms with Crippen molar-refractivity contribution in [2.45, 2.75) is 6.42 Å². The molecule has 1 aliphatic heterocycles. The summed E-state index contributed by atoms with van der Waals surface area (Å²) in [6, 6.07) is 14.1. The second-order valence-corrected chi connectivity index (χ2v) is 6.61. The van der Waals surface area contributed by atoms with Crippen molar-refractivity contribution < 1.29 is 9.50 Å². The normalized spacial score (nSPS) is 14.6. The fraction of sp³-hybridized carbons (Fsp3) is 0.0526. The molecule has 0 amide bonds. The Morgan fingerprint density at radius 1 is 1.16 bits per heavy atom. The maximum Gasteiger partial charge on any atom is 0.307 e. The minimum atomic E-state index is -0.359. The summed E-state index contributed by atoms with van der Waals surface area (Å²) in [6.45, 7) is 0. The minimum absolute atomic E-state index is 0.202. The van der Waals surface area contributed by atoms with E-state index in [9.17, 15) is 14.3 Å². The van der Waals surface area contributed by atoms with Crippen molar-refractivity contribution in [2.24, 2.45) is 4.99 Å². The van der Waals surface area contributed by atoms with Gasteiger partial charge in [0.15, 0.2) is 0 Å². The van der Waals surface area contributed by atoms with E-state index in [-0.39, 0.29) is 23.0 Å². The number of aromatic nitrogens is 1. The van der Waals surface area contributed by atoms with Crippen molar-refractivity contribution in [1.82, 2.24) is 4.98 Å². The van der Waals surface area contributed by atoms with Gasteiger partial charge in [-0.3, -0.25) is 14.8 Å². The molecule has 0 spiro atoms. The van der Waals surface area contributed by atoms with Crippen LogP contribution in [-0.4, -0.2) is 16.3 Å². The van der Waals surface area contributed by atoms with Gasteiger partial charge in [0.1, 0.15) is 5.82 Å². The average molecular weight is 352 g/mol. The predicted octanol–water partition coefficient (Wildman–Crippen LogP) is 4.15. The summed E-state index contributed by atoms with van der Waals surface area (Å²) in [6.07, 6.45) is 1.94. The second kappa shape index (κ2) is 6.14. The van der Waals surface area contributed by atoms with Gasteiger partial charge in [0, 0.05) is 23.8 Å². The summed E-state index contributed by atoms with van der Waals surface area (Å²) in [5.41, 5.74) is 3.65. The molecule has 0 fully saturated rings. The third-order valence-electron chi connectivity index (χ3n) is 4.08. The Hall–Kier alpha value is -2.99. The number of para-hydroxylation sites is 1. The lowest BCUT2D eigenvalue weighted by molar-refractivity contribution is 0.454. The van der Waals surface area contributed by atoms with Crippen molar-refractivity contribution in [3.8, 4) is 5.88 Å². The maximum absolute atomic E-state index is 14.2. The molecule has 0 saturated heterocycles. The van der Waals surface area contributed by atoms with Gasteiger partial charge >= 0.3 is 4.87 Å². The van der Waals surface area contributed by atoms with Crippen LogP contribution in [0.4, 0.5) is 10.1 Å². The Bertz CT molecular complexity index is 1080. The number of aromatic amines is 1. The summed E-state index contributed by atoms with van der Waals surface area (Å²) < 4.78 is 14.2. The number of nitrogens with zero attached hydrogens (tertiary/aromatic N) is 1. The van der Waals surface area contributed by atoms with Gasteiger partial charge in [-0.05, 0) is 23.3 Å². The standard InChI is InChI=1S/C19H13FN2O2S/c20-15-7-3-1-5-11(15)9-13(17-18(23)22-19(24)25-17)14-10-21-16-8-4-2-6-12(14)16/h1-8,10,23H,9H2,(H,22,24). The van der Waals surface area contributed by atoms with Gasteiger partial charge in [-0.25, -0.2) is 4.39 Å². The first-order valence-electron chi connectivity index (χ1n) is 7.66. The zero-order valence-corrected chi connectivity index (χ0v) is 13.8. The molecule has 1 aromatic heterocycles. The predicted molar refractivity (Wildman–Crippen MR) is 98.1 cm³/mol. The second-order valence-electron chi connectivity index (χ2n) is 5.63. The molecule has 124 valence electrons. The Balaban J connectivity index is 1.93. The van der Waals surface area contributed by atoms with Crippen molar-refractivity contribution >= 4 is 34.4 Å². The highest BCUT2D eigenvalue weighted by Gasteiger charge is 2.22. The van der Waals surface area contributed by atoms with Gasteiger partial charge in [0.25, 0.3) is 0 Å². The molecule has 2 heterocycles. The molecule has 0 atom stereocenters. The number of hydrogen-bond acceptors (Lipinski definition) is 4. The van der Waals surface area contributed by atoms with Crippen LogP contribution in [0.2, 0.25) is 0 Å². The molecule has 0 aliphatic carbocycles. The minimum Gasteiger partial charge on any atom is -0.493 e. The van der Waals surface area contributed by atoms with Crippen LogP contribution in [0.3, 0.4) is 0 Å². The van der Waals surface area contributed by atoms with E-state index in [0.29, 0.717) is 16.0 Å². The molecule has 2 N–H and O–H groups in total. The first-order valence-corrected chi connectivity index (χ1v) is 8.47. The molecular weight excluding hydrogens is 339 g/mol. The number of benzene rings is 2. The van der Waals surface area contributed by atoms with Crippen molar-refractivity contribution in [3.05, 3.63) is 80.0 Å². The van der Waals surface area contributed by atoms with Gasteiger partial charge in [-0.1, -0.05) is 47.7 Å². The van der Waals surface area contributed by atoms with E-state index in [0.717, 1.165) is 28.2 Å². The van der Waals surface area contributed by atoms with Crippen molar-refractivity contribution in [3.63, 3.8) is 0 Å². The maximum atomic E-state index is 14.2. The molecular formula is C19H13FN2O2S. The lowest BCUT2D eigenvalue weighted by atomic mass is 9.95. The highest BCUT2D eigenvalue weighted by molar-refractivity contribution is 7.10. The highest BCUT2D eigenvalue weighted by Crippen LogP contribution is 2.40. The molecule has 0 bridgehead atoms. The topological polar surface area (TPSA) is 65.5 Å². The van der Waals surface area contributed by atoms with E-state index in [2.05, 4.69) is 9.98 Å². The quantitative estimate of drug-likeness (QED) is 0.744. The van der Waals surface area contributed by atoms with Crippen LogP contribution in [0.1, 0.15) is 16.0 Å². The van der Waals surface area contributed by atoms with Crippen LogP contribution in [0.15, 0.2) is 58.3 Å². The number of fused-ring (bicyclic) bond motifs is 1. The number of nitrogens with one attached hydrogen (secondary N) is 1. The van der Waals surface area contributed by atoms with Crippen LogP contribution >= 0.6 is 11.3 Å². The van der Waals surface area contributed by atoms with E-state index in [1.807, 2.05) is 24.3 Å². The summed E-state index contributed by atoms with van der Waals surface area (Å²) >= 11 is 0.906.